The summed E-state index contributed by atoms with van der Waals surface area (Å²) in [7, 11) is 1.63. The van der Waals surface area contributed by atoms with E-state index < -0.39 is 0 Å². The van der Waals surface area contributed by atoms with E-state index >= 15 is 0 Å². The first-order valence-electron chi connectivity index (χ1n) is 6.79. The average Bonchev–Trinajstić information content (AvgIpc) is 2.53. The van der Waals surface area contributed by atoms with Crippen molar-refractivity contribution in [1.29, 1.82) is 0 Å². The van der Waals surface area contributed by atoms with Crippen LogP contribution in [0.25, 0.3) is 0 Å². The van der Waals surface area contributed by atoms with Crippen LogP contribution in [-0.4, -0.2) is 18.7 Å². The van der Waals surface area contributed by atoms with Gasteiger partial charge in [0, 0.05) is 17.3 Å². The number of nitrogens with two attached hydrogens (primary N) is 1. The Labute approximate surface area is 118 Å². The molecular formula is C16H18N2O2. The summed E-state index contributed by atoms with van der Waals surface area (Å²) >= 11 is 0. The second kappa shape index (κ2) is 5.51. The molecule has 0 amide bonds. The van der Waals surface area contributed by atoms with Gasteiger partial charge in [0.05, 0.1) is 26.0 Å². The highest BCUT2D eigenvalue weighted by atomic mass is 16.5. The first-order valence-corrected chi connectivity index (χ1v) is 6.79. The normalized spacial score (nSPS) is 15.1. The molecule has 0 saturated heterocycles. The zero-order chi connectivity index (χ0) is 13.9. The number of para-hydroxylation sites is 1. The maximum atomic E-state index is 6.43. The quantitative estimate of drug-likeness (QED) is 0.930. The number of aromatic nitrogens is 1. The third-order valence-electron chi connectivity index (χ3n) is 3.67. The zero-order valence-electron chi connectivity index (χ0n) is 11.5. The van der Waals surface area contributed by atoms with Crippen molar-refractivity contribution < 1.29 is 9.47 Å². The van der Waals surface area contributed by atoms with Gasteiger partial charge >= 0.3 is 0 Å². The molecule has 1 atom stereocenters. The molecule has 4 nitrogen and oxygen atoms in total. The molecule has 2 aromatic rings. The lowest BCUT2D eigenvalue weighted by atomic mass is 9.94. The van der Waals surface area contributed by atoms with E-state index in [4.69, 9.17) is 15.2 Å². The molecule has 1 unspecified atom stereocenters. The van der Waals surface area contributed by atoms with Crippen LogP contribution in [0.15, 0.2) is 36.7 Å². The Balaban J connectivity index is 2.04. The van der Waals surface area contributed by atoms with Crippen molar-refractivity contribution in [2.45, 2.75) is 18.9 Å². The van der Waals surface area contributed by atoms with Crippen LogP contribution in [-0.2, 0) is 6.42 Å². The van der Waals surface area contributed by atoms with E-state index in [0.29, 0.717) is 5.75 Å². The molecule has 104 valence electrons. The zero-order valence-corrected chi connectivity index (χ0v) is 11.5. The van der Waals surface area contributed by atoms with Crippen molar-refractivity contribution in [3.05, 3.63) is 53.3 Å². The third kappa shape index (κ3) is 2.23. The van der Waals surface area contributed by atoms with Crippen molar-refractivity contribution in [1.82, 2.24) is 4.98 Å². The Kier molecular flexibility index (Phi) is 3.56. The predicted molar refractivity (Wildman–Crippen MR) is 77.1 cm³/mol. The molecule has 4 heteroatoms. The topological polar surface area (TPSA) is 57.4 Å². The number of nitrogens with zero attached hydrogens (tertiary/aromatic N) is 1. The number of hydrogen-bond acceptors (Lipinski definition) is 4. The second-order valence-corrected chi connectivity index (χ2v) is 4.88. The summed E-state index contributed by atoms with van der Waals surface area (Å²) in [6.45, 7) is 0.754. The Morgan fingerprint density at radius 2 is 2.20 bits per heavy atom. The van der Waals surface area contributed by atoms with Gasteiger partial charge in [-0.2, -0.15) is 0 Å². The van der Waals surface area contributed by atoms with Gasteiger partial charge in [-0.05, 0) is 24.5 Å². The Morgan fingerprint density at radius 1 is 1.30 bits per heavy atom. The fourth-order valence-corrected chi connectivity index (χ4v) is 2.65. The van der Waals surface area contributed by atoms with E-state index in [2.05, 4.69) is 11.1 Å². The number of hydrogen-bond donors (Lipinski definition) is 1. The van der Waals surface area contributed by atoms with Gasteiger partial charge in [0.1, 0.15) is 11.5 Å². The van der Waals surface area contributed by atoms with Crippen LogP contribution in [0, 0.1) is 0 Å². The predicted octanol–water partition coefficient (Wildman–Crippen LogP) is 2.46. The third-order valence-corrected chi connectivity index (χ3v) is 3.67. The van der Waals surface area contributed by atoms with Crippen LogP contribution in [0.1, 0.15) is 29.2 Å². The van der Waals surface area contributed by atoms with E-state index in [0.717, 1.165) is 36.3 Å². The molecule has 1 aromatic carbocycles. The van der Waals surface area contributed by atoms with Gasteiger partial charge in [0.2, 0.25) is 0 Å². The molecule has 1 aromatic heterocycles. The number of pyridine rings is 1. The number of rotatable bonds is 3. The second-order valence-electron chi connectivity index (χ2n) is 4.88. The van der Waals surface area contributed by atoms with Gasteiger partial charge < -0.3 is 15.2 Å². The highest BCUT2D eigenvalue weighted by Crippen LogP contribution is 2.36. The molecule has 0 bridgehead atoms. The minimum absolute atomic E-state index is 0.277. The SMILES string of the molecule is COc1cnccc1C(N)c1cccc2c1OCCC2. The summed E-state index contributed by atoms with van der Waals surface area (Å²) in [6, 6.07) is 7.78. The van der Waals surface area contributed by atoms with Gasteiger partial charge in [-0.15, -0.1) is 0 Å². The molecule has 2 N–H and O–H groups in total. The monoisotopic (exact) mass is 270 g/mol. The van der Waals surface area contributed by atoms with E-state index in [1.807, 2.05) is 18.2 Å². The van der Waals surface area contributed by atoms with E-state index in [-0.39, 0.29) is 6.04 Å². The molecule has 2 heterocycles. The van der Waals surface area contributed by atoms with Crippen molar-refractivity contribution in [3.63, 3.8) is 0 Å². The van der Waals surface area contributed by atoms with Gasteiger partial charge in [0.15, 0.2) is 0 Å². The first kappa shape index (κ1) is 12.9. The minimum Gasteiger partial charge on any atom is -0.495 e. The number of ether oxygens (including phenoxy) is 2. The molecule has 0 aliphatic carbocycles. The van der Waals surface area contributed by atoms with Gasteiger partial charge in [-0.3, -0.25) is 4.98 Å². The van der Waals surface area contributed by atoms with E-state index in [1.54, 1.807) is 19.5 Å². The van der Waals surface area contributed by atoms with Gasteiger partial charge in [-0.1, -0.05) is 18.2 Å². The molecule has 0 radical (unpaired) electrons. The molecule has 1 aliphatic rings. The van der Waals surface area contributed by atoms with Crippen LogP contribution < -0.4 is 15.2 Å². The van der Waals surface area contributed by atoms with Crippen LogP contribution in [0.5, 0.6) is 11.5 Å². The van der Waals surface area contributed by atoms with E-state index in [1.165, 1.54) is 5.56 Å². The van der Waals surface area contributed by atoms with Gasteiger partial charge in [-0.25, -0.2) is 0 Å². The Bertz CT molecular complexity index is 613. The fourth-order valence-electron chi connectivity index (χ4n) is 2.65. The highest BCUT2D eigenvalue weighted by Gasteiger charge is 2.21. The van der Waals surface area contributed by atoms with Crippen molar-refractivity contribution in [2.75, 3.05) is 13.7 Å². The molecular weight excluding hydrogens is 252 g/mol. The molecule has 0 spiro atoms. The smallest absolute Gasteiger partial charge is 0.142 e. The maximum Gasteiger partial charge on any atom is 0.142 e. The van der Waals surface area contributed by atoms with Crippen molar-refractivity contribution in [3.8, 4) is 11.5 Å². The summed E-state index contributed by atoms with van der Waals surface area (Å²) in [4.78, 5) is 4.07. The molecule has 0 saturated carbocycles. The van der Waals surface area contributed by atoms with Crippen LogP contribution in [0.4, 0.5) is 0 Å². The van der Waals surface area contributed by atoms with Crippen molar-refractivity contribution >= 4 is 0 Å². The van der Waals surface area contributed by atoms with Crippen LogP contribution in [0.2, 0.25) is 0 Å². The number of fused-ring (bicyclic) bond motifs is 1. The summed E-state index contributed by atoms with van der Waals surface area (Å²) in [5.41, 5.74) is 9.59. The summed E-state index contributed by atoms with van der Waals surface area (Å²) in [5.74, 6) is 1.64. The summed E-state index contributed by atoms with van der Waals surface area (Å²) in [5, 5.41) is 0. The van der Waals surface area contributed by atoms with Gasteiger partial charge in [0.25, 0.3) is 0 Å². The van der Waals surface area contributed by atoms with Crippen LogP contribution in [0.3, 0.4) is 0 Å². The van der Waals surface area contributed by atoms with E-state index in [9.17, 15) is 0 Å². The lowest BCUT2D eigenvalue weighted by Crippen LogP contribution is -2.18. The Morgan fingerprint density at radius 3 is 3.05 bits per heavy atom. The van der Waals surface area contributed by atoms with Crippen molar-refractivity contribution in [2.24, 2.45) is 5.73 Å². The number of benzene rings is 1. The maximum absolute atomic E-state index is 6.43. The molecule has 0 fully saturated rings. The summed E-state index contributed by atoms with van der Waals surface area (Å²) < 4.78 is 11.2. The lowest BCUT2D eigenvalue weighted by Gasteiger charge is -2.24. The number of aryl methyl sites for hydroxylation is 1. The fraction of sp³-hybridized carbons (Fsp3) is 0.312. The standard InChI is InChI=1S/C16H18N2O2/c1-19-14-10-18-8-7-12(14)15(17)13-6-2-4-11-5-3-9-20-16(11)13/h2,4,6-8,10,15H,3,5,9,17H2,1H3. The molecule has 20 heavy (non-hydrogen) atoms. The van der Waals surface area contributed by atoms with Crippen LogP contribution >= 0.6 is 0 Å². The molecule has 1 aliphatic heterocycles. The average molecular weight is 270 g/mol. The largest absolute Gasteiger partial charge is 0.495 e. The minimum atomic E-state index is -0.277. The Hall–Kier alpha value is -2.07. The molecule has 3 rings (SSSR count). The highest BCUT2D eigenvalue weighted by molar-refractivity contribution is 5.49. The summed E-state index contributed by atoms with van der Waals surface area (Å²) in [6.07, 6.45) is 5.52. The number of methoxy groups -OCH3 is 1. The lowest BCUT2D eigenvalue weighted by molar-refractivity contribution is 0.284. The first-order chi connectivity index (χ1) is 9.81.